The summed E-state index contributed by atoms with van der Waals surface area (Å²) in [5, 5.41) is 18.4. The van der Waals surface area contributed by atoms with E-state index in [9.17, 15) is 9.90 Å². The predicted molar refractivity (Wildman–Crippen MR) is 34.0 cm³/mol. The van der Waals surface area contributed by atoms with Crippen LogP contribution in [0.4, 0.5) is 0 Å². The number of carbonyl (C=O) groups excluding carboxylic acids is 1. The van der Waals surface area contributed by atoms with Crippen LogP contribution >= 0.6 is 11.8 Å². The molecule has 1 N–H and O–H groups in total. The van der Waals surface area contributed by atoms with Gasteiger partial charge in [-0.25, -0.2) is 0 Å². The van der Waals surface area contributed by atoms with Gasteiger partial charge in [0.25, 0.3) is 0 Å². The summed E-state index contributed by atoms with van der Waals surface area (Å²) in [4.78, 5) is 9.83. The van der Waals surface area contributed by atoms with Gasteiger partial charge in [-0.15, -0.1) is 0 Å². The zero-order valence-corrected chi connectivity index (χ0v) is 12.2. The van der Waals surface area contributed by atoms with E-state index < -0.39 is 12.1 Å². The van der Waals surface area contributed by atoms with Gasteiger partial charge in [0.1, 0.15) is 0 Å². The summed E-state index contributed by atoms with van der Waals surface area (Å²) in [7, 11) is 0. The Balaban J connectivity index is -0.000000320. The SMILES string of the molecule is CSCCC(O)C(=O)[O-].[I-].[Zn+2]. The van der Waals surface area contributed by atoms with Crippen molar-refractivity contribution in [2.24, 2.45) is 0 Å². The summed E-state index contributed by atoms with van der Waals surface area (Å²) in [6, 6.07) is 0. The number of thioether (sulfide) groups is 1. The van der Waals surface area contributed by atoms with Crippen LogP contribution in [-0.2, 0) is 24.3 Å². The molecule has 0 bridgehead atoms. The number of hydrogen-bond donors (Lipinski definition) is 1. The Hall–Kier alpha value is 1.13. The molecule has 1 unspecified atom stereocenters. The molecule has 0 saturated carbocycles. The number of carboxylic acids is 1. The van der Waals surface area contributed by atoms with Crippen LogP contribution < -0.4 is 29.1 Å². The van der Waals surface area contributed by atoms with E-state index in [0.29, 0.717) is 5.75 Å². The van der Waals surface area contributed by atoms with Gasteiger partial charge in [0.05, 0.1) is 12.1 Å². The summed E-state index contributed by atoms with van der Waals surface area (Å²) in [6.07, 6.45) is 0.823. The van der Waals surface area contributed by atoms with Gasteiger partial charge in [-0.05, 0) is 18.4 Å². The summed E-state index contributed by atoms with van der Waals surface area (Å²) in [5.74, 6) is -0.737. The van der Waals surface area contributed by atoms with Crippen LogP contribution in [0.1, 0.15) is 6.42 Å². The molecule has 0 aliphatic heterocycles. The van der Waals surface area contributed by atoms with Gasteiger partial charge in [0, 0.05) is 0 Å². The second-order valence-electron chi connectivity index (χ2n) is 1.62. The first-order chi connectivity index (χ1) is 4.18. The molecule has 0 rings (SSSR count). The topological polar surface area (TPSA) is 60.4 Å². The first-order valence-electron chi connectivity index (χ1n) is 2.56. The molecule has 0 aliphatic rings. The number of halogens is 1. The molecule has 1 atom stereocenters. The Morgan fingerprint density at radius 1 is 1.73 bits per heavy atom. The minimum atomic E-state index is -1.39. The molecule has 11 heavy (non-hydrogen) atoms. The minimum absolute atomic E-state index is 0. The largest absolute Gasteiger partial charge is 2.00 e. The van der Waals surface area contributed by atoms with E-state index in [1.165, 1.54) is 11.8 Å². The van der Waals surface area contributed by atoms with Crippen LogP contribution in [0.25, 0.3) is 0 Å². The second kappa shape index (κ2) is 11.1. The normalized spacial score (nSPS) is 10.7. The molecule has 0 aromatic heterocycles. The van der Waals surface area contributed by atoms with Crippen LogP contribution in [-0.4, -0.2) is 29.2 Å². The third-order valence-electron chi connectivity index (χ3n) is 0.867. The molecule has 0 aromatic rings. The molecule has 0 spiro atoms. The Kier molecular flexibility index (Phi) is 18.2. The number of aliphatic hydroxyl groups is 1. The van der Waals surface area contributed by atoms with Crippen molar-refractivity contribution in [3.8, 4) is 0 Å². The Morgan fingerprint density at radius 2 is 2.18 bits per heavy atom. The molecule has 0 saturated heterocycles. The number of hydrogen-bond acceptors (Lipinski definition) is 4. The average Bonchev–Trinajstić information content (AvgIpc) is 1.82. The smallest absolute Gasteiger partial charge is 1.00 e. The summed E-state index contributed by atoms with van der Waals surface area (Å²) in [6.45, 7) is 0. The van der Waals surface area contributed by atoms with E-state index in [1.807, 2.05) is 6.26 Å². The standard InChI is InChI=1S/C5H10O3S.HI.Zn/c1-9-3-2-4(6)5(7)8;;/h4,6H,2-3H2,1H3,(H,7,8);1H;/q;;+2/p-2. The monoisotopic (exact) mass is 340 g/mol. The Morgan fingerprint density at radius 3 is 2.45 bits per heavy atom. The van der Waals surface area contributed by atoms with Crippen molar-refractivity contribution >= 4 is 17.7 Å². The second-order valence-corrected chi connectivity index (χ2v) is 2.60. The van der Waals surface area contributed by atoms with E-state index in [0.717, 1.165) is 0 Å². The van der Waals surface area contributed by atoms with Gasteiger partial charge in [0.15, 0.2) is 0 Å². The van der Waals surface area contributed by atoms with Crippen molar-refractivity contribution in [1.29, 1.82) is 0 Å². The number of rotatable bonds is 4. The summed E-state index contributed by atoms with van der Waals surface area (Å²) < 4.78 is 0. The number of aliphatic carboxylic acids is 1. The maximum absolute atomic E-state index is 9.83. The molecular weight excluding hydrogens is 332 g/mol. The third-order valence-corrected chi connectivity index (χ3v) is 1.51. The molecule has 3 nitrogen and oxygen atoms in total. The predicted octanol–water partition coefficient (Wildman–Crippen LogP) is -4.15. The quantitative estimate of drug-likeness (QED) is 0.417. The van der Waals surface area contributed by atoms with Crippen molar-refractivity contribution in [3.63, 3.8) is 0 Å². The fourth-order valence-corrected chi connectivity index (χ4v) is 0.806. The molecule has 0 aromatic carbocycles. The average molecular weight is 341 g/mol. The van der Waals surface area contributed by atoms with E-state index in [1.54, 1.807) is 0 Å². The van der Waals surface area contributed by atoms with Gasteiger partial charge >= 0.3 is 19.5 Å². The molecule has 0 fully saturated rings. The molecular formula is C5H9IO3SZn. The van der Waals surface area contributed by atoms with Gasteiger partial charge in [-0.1, -0.05) is 0 Å². The van der Waals surface area contributed by atoms with Crippen molar-refractivity contribution in [2.45, 2.75) is 12.5 Å². The van der Waals surface area contributed by atoms with E-state index >= 15 is 0 Å². The Bertz CT molecular complexity index is 104. The van der Waals surface area contributed by atoms with E-state index in [2.05, 4.69) is 0 Å². The summed E-state index contributed by atoms with van der Waals surface area (Å²) in [5.41, 5.74) is 0. The number of aliphatic hydroxyl groups excluding tert-OH is 1. The number of carbonyl (C=O) groups is 1. The van der Waals surface area contributed by atoms with Crippen LogP contribution in [0.5, 0.6) is 0 Å². The molecule has 0 radical (unpaired) electrons. The van der Waals surface area contributed by atoms with Crippen molar-refractivity contribution in [1.82, 2.24) is 0 Å². The van der Waals surface area contributed by atoms with Crippen LogP contribution in [0.3, 0.4) is 0 Å². The van der Waals surface area contributed by atoms with Gasteiger partial charge < -0.3 is 39.0 Å². The zero-order valence-electron chi connectivity index (χ0n) is 6.25. The fourth-order valence-electron chi connectivity index (χ4n) is 0.347. The third kappa shape index (κ3) is 11.1. The Labute approximate surface area is 100 Å². The minimum Gasteiger partial charge on any atom is -1.00 e. The summed E-state index contributed by atoms with van der Waals surface area (Å²) >= 11 is 1.50. The van der Waals surface area contributed by atoms with E-state index in [-0.39, 0.29) is 49.9 Å². The number of carboxylic acid groups (broad SMARTS) is 1. The molecule has 62 valence electrons. The van der Waals surface area contributed by atoms with Gasteiger partial charge in [0.2, 0.25) is 0 Å². The molecule has 0 aliphatic carbocycles. The molecule has 0 amide bonds. The molecule has 6 heteroatoms. The van der Waals surface area contributed by atoms with Gasteiger partial charge in [-0.3, -0.25) is 0 Å². The maximum atomic E-state index is 9.83. The van der Waals surface area contributed by atoms with Crippen molar-refractivity contribution in [2.75, 3.05) is 12.0 Å². The maximum Gasteiger partial charge on any atom is 2.00 e. The van der Waals surface area contributed by atoms with E-state index in [4.69, 9.17) is 5.11 Å². The van der Waals surface area contributed by atoms with Crippen molar-refractivity contribution in [3.05, 3.63) is 0 Å². The first kappa shape index (κ1) is 18.0. The van der Waals surface area contributed by atoms with Crippen LogP contribution in [0.15, 0.2) is 0 Å². The van der Waals surface area contributed by atoms with Gasteiger partial charge in [-0.2, -0.15) is 11.8 Å². The first-order valence-corrected chi connectivity index (χ1v) is 3.95. The van der Waals surface area contributed by atoms with Crippen LogP contribution in [0.2, 0.25) is 0 Å². The van der Waals surface area contributed by atoms with Crippen LogP contribution in [0, 0.1) is 0 Å². The van der Waals surface area contributed by atoms with Crippen molar-refractivity contribution < 1.29 is 58.5 Å². The fraction of sp³-hybridized carbons (Fsp3) is 0.800. The zero-order chi connectivity index (χ0) is 7.28. The molecule has 0 heterocycles.